The summed E-state index contributed by atoms with van der Waals surface area (Å²) in [6.45, 7) is 5.49. The number of carbonyl (C=O) groups is 1. The van der Waals surface area contributed by atoms with Crippen LogP contribution in [0, 0.1) is 11.3 Å². The lowest BCUT2D eigenvalue weighted by Crippen LogP contribution is -2.41. The lowest BCUT2D eigenvalue weighted by Gasteiger charge is -2.45. The van der Waals surface area contributed by atoms with Gasteiger partial charge in [-0.1, -0.05) is 25.2 Å². The fourth-order valence-electron chi connectivity index (χ4n) is 5.85. The van der Waals surface area contributed by atoms with Crippen LogP contribution in [0.1, 0.15) is 32.6 Å². The first-order valence-corrected chi connectivity index (χ1v) is 9.25. The lowest BCUT2D eigenvalue weighted by molar-refractivity contribution is -0.132. The van der Waals surface area contributed by atoms with Crippen molar-refractivity contribution in [3.63, 3.8) is 0 Å². The minimum atomic E-state index is -0.797. The van der Waals surface area contributed by atoms with E-state index >= 15 is 0 Å². The fraction of sp³-hybridized carbons (Fsp3) is 0.550. The average molecular weight is 324 g/mol. The van der Waals surface area contributed by atoms with Crippen LogP contribution >= 0.6 is 0 Å². The predicted molar refractivity (Wildman–Crippen MR) is 92.1 cm³/mol. The van der Waals surface area contributed by atoms with Crippen LogP contribution in [0.2, 0.25) is 0 Å². The van der Waals surface area contributed by atoms with E-state index in [1.54, 1.807) is 0 Å². The molecule has 0 saturated carbocycles. The predicted octanol–water partition coefficient (Wildman–Crippen LogP) is 2.92. The Balaban J connectivity index is 1.70. The first kappa shape index (κ1) is 14.4. The number of nitrogens with zero attached hydrogens (tertiary/aromatic N) is 2. The molecule has 4 aliphatic heterocycles. The van der Waals surface area contributed by atoms with Crippen LogP contribution in [0.5, 0.6) is 0 Å². The summed E-state index contributed by atoms with van der Waals surface area (Å²) in [5.74, 6) is -0.339. The zero-order valence-corrected chi connectivity index (χ0v) is 14.2. The molecule has 0 spiro atoms. The molecule has 4 heterocycles. The highest BCUT2D eigenvalue weighted by Gasteiger charge is 2.57. The Hall–Kier alpha value is -1.97. The normalized spacial score (nSPS) is 36.2. The fourth-order valence-corrected chi connectivity index (χ4v) is 5.85. The van der Waals surface area contributed by atoms with Gasteiger partial charge in [0.05, 0.1) is 17.3 Å². The molecule has 1 aliphatic carbocycles. The molecular formula is C20H24N2O2. The van der Waals surface area contributed by atoms with E-state index in [4.69, 9.17) is 0 Å². The van der Waals surface area contributed by atoms with Gasteiger partial charge in [0.15, 0.2) is 0 Å². The van der Waals surface area contributed by atoms with Crippen molar-refractivity contribution in [2.75, 3.05) is 19.6 Å². The summed E-state index contributed by atoms with van der Waals surface area (Å²) in [5, 5.41) is 9.52. The number of aliphatic carboxylic acids is 1. The second kappa shape index (κ2) is 4.78. The number of carboxylic acids is 1. The van der Waals surface area contributed by atoms with E-state index in [0.717, 1.165) is 25.9 Å². The maximum absolute atomic E-state index is 11.6. The van der Waals surface area contributed by atoms with Gasteiger partial charge in [0.2, 0.25) is 0 Å². The largest absolute Gasteiger partial charge is 0.478 e. The molecule has 0 amide bonds. The second-order valence-electron chi connectivity index (χ2n) is 7.72. The van der Waals surface area contributed by atoms with E-state index in [9.17, 15) is 9.90 Å². The molecule has 3 atom stereocenters. The quantitative estimate of drug-likeness (QED) is 0.848. The number of piperidine rings is 1. The topological polar surface area (TPSA) is 43.8 Å². The Kier molecular flexibility index (Phi) is 2.86. The van der Waals surface area contributed by atoms with E-state index < -0.39 is 5.97 Å². The number of fused-ring (bicyclic) bond motifs is 3. The van der Waals surface area contributed by atoms with Crippen molar-refractivity contribution < 1.29 is 9.90 Å². The highest BCUT2D eigenvalue weighted by Crippen LogP contribution is 2.59. The summed E-state index contributed by atoms with van der Waals surface area (Å²) < 4.78 is 0. The number of hydrogen-bond acceptors (Lipinski definition) is 3. The van der Waals surface area contributed by atoms with Gasteiger partial charge in [-0.25, -0.2) is 4.79 Å². The molecule has 0 bridgehead atoms. The molecule has 5 rings (SSSR count). The van der Waals surface area contributed by atoms with Gasteiger partial charge in [0, 0.05) is 36.7 Å². The molecule has 1 unspecified atom stereocenters. The zero-order valence-electron chi connectivity index (χ0n) is 14.2. The van der Waals surface area contributed by atoms with Crippen LogP contribution < -0.4 is 0 Å². The summed E-state index contributed by atoms with van der Waals surface area (Å²) >= 11 is 0. The Morgan fingerprint density at radius 3 is 3.08 bits per heavy atom. The Labute approximate surface area is 142 Å². The van der Waals surface area contributed by atoms with Crippen LogP contribution in [0.4, 0.5) is 0 Å². The average Bonchev–Trinajstić information content (AvgIpc) is 2.91. The third kappa shape index (κ3) is 1.61. The van der Waals surface area contributed by atoms with Crippen molar-refractivity contribution in [1.82, 2.24) is 9.80 Å². The monoisotopic (exact) mass is 324 g/mol. The van der Waals surface area contributed by atoms with Crippen LogP contribution in [-0.4, -0.2) is 46.6 Å². The van der Waals surface area contributed by atoms with Gasteiger partial charge in [-0.2, -0.15) is 0 Å². The molecule has 1 N–H and O–H groups in total. The molecule has 2 fully saturated rings. The number of rotatable bonds is 2. The standard InChI is InChI=1S/C20H24N2O2/c1-2-20-12-14(19(23)24)5-6-16(20)22-11-7-13-4-3-9-21-10-8-15(20)18(22)17(13)21/h5-7,12,15-16H,2-4,8-11H2,1H3,(H,23,24)/t15-,16?,20-/m1/s1. The van der Waals surface area contributed by atoms with Gasteiger partial charge >= 0.3 is 5.97 Å². The third-order valence-electron chi connectivity index (χ3n) is 6.88. The van der Waals surface area contributed by atoms with Gasteiger partial charge in [-0.15, -0.1) is 0 Å². The molecule has 4 nitrogen and oxygen atoms in total. The first-order valence-electron chi connectivity index (χ1n) is 9.25. The highest BCUT2D eigenvalue weighted by molar-refractivity contribution is 5.90. The SMILES string of the molecule is CC[C@]12C=C(C(=O)O)C=CC1N1CC=C3CCCN4CC[C@@H]2C1=C34. The van der Waals surface area contributed by atoms with Crippen LogP contribution in [0.3, 0.4) is 0 Å². The van der Waals surface area contributed by atoms with Gasteiger partial charge in [-0.05, 0) is 37.3 Å². The Morgan fingerprint density at radius 1 is 1.42 bits per heavy atom. The van der Waals surface area contributed by atoms with Crippen LogP contribution in [0.25, 0.3) is 0 Å². The van der Waals surface area contributed by atoms with Crippen molar-refractivity contribution in [3.05, 3.63) is 46.8 Å². The number of hydrogen-bond donors (Lipinski definition) is 1. The Morgan fingerprint density at radius 2 is 2.29 bits per heavy atom. The van der Waals surface area contributed by atoms with Crippen LogP contribution in [0.15, 0.2) is 46.8 Å². The van der Waals surface area contributed by atoms with E-state index in [1.165, 1.54) is 36.4 Å². The highest BCUT2D eigenvalue weighted by atomic mass is 16.4. The van der Waals surface area contributed by atoms with Gasteiger partial charge in [0.25, 0.3) is 0 Å². The maximum atomic E-state index is 11.6. The summed E-state index contributed by atoms with van der Waals surface area (Å²) in [5.41, 5.74) is 4.95. The lowest BCUT2D eigenvalue weighted by atomic mass is 9.65. The van der Waals surface area contributed by atoms with Crippen LogP contribution in [-0.2, 0) is 4.79 Å². The van der Waals surface area contributed by atoms with E-state index in [-0.39, 0.29) is 5.41 Å². The molecule has 5 aliphatic rings. The minimum absolute atomic E-state index is 0.0579. The van der Waals surface area contributed by atoms with Crippen molar-refractivity contribution in [1.29, 1.82) is 0 Å². The summed E-state index contributed by atoms with van der Waals surface area (Å²) in [4.78, 5) is 16.7. The molecule has 0 aromatic carbocycles. The molecule has 24 heavy (non-hydrogen) atoms. The van der Waals surface area contributed by atoms with Gasteiger partial charge < -0.3 is 14.9 Å². The van der Waals surface area contributed by atoms with Crippen molar-refractivity contribution in [2.24, 2.45) is 11.3 Å². The second-order valence-corrected chi connectivity index (χ2v) is 7.72. The minimum Gasteiger partial charge on any atom is -0.478 e. The summed E-state index contributed by atoms with van der Waals surface area (Å²) in [7, 11) is 0. The molecular weight excluding hydrogens is 300 g/mol. The number of allylic oxidation sites excluding steroid dienone is 2. The molecule has 2 saturated heterocycles. The van der Waals surface area contributed by atoms with Crippen molar-refractivity contribution in [3.8, 4) is 0 Å². The zero-order chi connectivity index (χ0) is 16.5. The maximum Gasteiger partial charge on any atom is 0.335 e. The smallest absolute Gasteiger partial charge is 0.335 e. The Bertz CT molecular complexity index is 745. The number of carboxylic acid groups (broad SMARTS) is 1. The van der Waals surface area contributed by atoms with Crippen molar-refractivity contribution in [2.45, 2.75) is 38.6 Å². The summed E-state index contributed by atoms with van der Waals surface area (Å²) in [6.07, 6.45) is 13.1. The van der Waals surface area contributed by atoms with Crippen molar-refractivity contribution >= 4 is 5.97 Å². The summed E-state index contributed by atoms with van der Waals surface area (Å²) in [6, 6.07) is 0.303. The molecule has 126 valence electrons. The van der Waals surface area contributed by atoms with Gasteiger partial charge in [0.1, 0.15) is 0 Å². The molecule has 0 aromatic heterocycles. The third-order valence-corrected chi connectivity index (χ3v) is 6.88. The first-order chi connectivity index (χ1) is 11.7. The molecule has 4 heteroatoms. The van der Waals surface area contributed by atoms with E-state index in [0.29, 0.717) is 17.5 Å². The van der Waals surface area contributed by atoms with Gasteiger partial charge in [-0.3, -0.25) is 0 Å². The molecule has 0 radical (unpaired) electrons. The van der Waals surface area contributed by atoms with E-state index in [1.807, 2.05) is 6.08 Å². The van der Waals surface area contributed by atoms with E-state index in [2.05, 4.69) is 35.0 Å². The molecule has 0 aromatic rings.